The van der Waals surface area contributed by atoms with Gasteiger partial charge in [-0.25, -0.2) is 4.79 Å². The number of carbonyl (C=O) groups is 1. The minimum absolute atomic E-state index is 0.343. The first-order valence-corrected chi connectivity index (χ1v) is 8.24. The van der Waals surface area contributed by atoms with E-state index in [0.29, 0.717) is 30.4 Å². The van der Waals surface area contributed by atoms with Gasteiger partial charge in [0.15, 0.2) is 0 Å². The van der Waals surface area contributed by atoms with E-state index in [2.05, 4.69) is 0 Å². The van der Waals surface area contributed by atoms with E-state index in [9.17, 15) is 18.0 Å². The van der Waals surface area contributed by atoms with Gasteiger partial charge < -0.3 is 14.4 Å². The molecule has 0 aliphatic carbocycles. The molecular formula is C13H21F3INO3. The molecule has 0 bridgehead atoms. The van der Waals surface area contributed by atoms with E-state index >= 15 is 0 Å². The molecule has 0 atom stereocenters. The molecule has 1 fully saturated rings. The number of carbonyl (C=O) groups excluding carboxylic acids is 1. The van der Waals surface area contributed by atoms with Gasteiger partial charge in [0, 0.05) is 17.5 Å². The Morgan fingerprint density at radius 2 is 1.76 bits per heavy atom. The Hall–Kier alpha value is -0.250. The van der Waals surface area contributed by atoms with Crippen LogP contribution in [0.2, 0.25) is 0 Å². The second kappa shape index (κ2) is 6.89. The Balaban J connectivity index is 2.54. The maximum atomic E-state index is 12.3. The second-order valence-corrected chi connectivity index (χ2v) is 6.95. The molecule has 0 spiro atoms. The van der Waals surface area contributed by atoms with Crippen molar-refractivity contribution in [2.24, 2.45) is 0 Å². The smallest absolute Gasteiger partial charge is 0.411 e. The summed E-state index contributed by atoms with van der Waals surface area (Å²) in [5, 5.41) is 0. The van der Waals surface area contributed by atoms with Gasteiger partial charge in [0.1, 0.15) is 12.2 Å². The van der Waals surface area contributed by atoms with Crippen molar-refractivity contribution < 1.29 is 27.4 Å². The van der Waals surface area contributed by atoms with Crippen LogP contribution in [0.15, 0.2) is 0 Å². The number of piperidine rings is 1. The summed E-state index contributed by atoms with van der Waals surface area (Å²) in [4.78, 5) is 13.4. The van der Waals surface area contributed by atoms with Gasteiger partial charge in [-0.05, 0) is 33.6 Å². The number of nitrogens with zero attached hydrogens (tertiary/aromatic N) is 1. The van der Waals surface area contributed by atoms with Crippen LogP contribution in [-0.2, 0) is 9.47 Å². The molecule has 21 heavy (non-hydrogen) atoms. The minimum atomic E-state index is -4.33. The Labute approximate surface area is 136 Å². The fourth-order valence-electron chi connectivity index (χ4n) is 1.97. The molecule has 8 heteroatoms. The van der Waals surface area contributed by atoms with Crippen molar-refractivity contribution in [3.63, 3.8) is 0 Å². The van der Waals surface area contributed by atoms with Crippen LogP contribution in [0.25, 0.3) is 0 Å². The first kappa shape index (κ1) is 18.8. The second-order valence-electron chi connectivity index (χ2n) is 6.19. The van der Waals surface area contributed by atoms with Crippen LogP contribution >= 0.6 is 22.6 Å². The Morgan fingerprint density at radius 1 is 1.24 bits per heavy atom. The molecular weight excluding hydrogens is 402 g/mol. The monoisotopic (exact) mass is 423 g/mol. The molecule has 1 rings (SSSR count). The Morgan fingerprint density at radius 3 is 2.14 bits per heavy atom. The summed E-state index contributed by atoms with van der Waals surface area (Å²) in [5.74, 6) is 0. The van der Waals surface area contributed by atoms with Crippen LogP contribution in [0.3, 0.4) is 0 Å². The van der Waals surface area contributed by atoms with Gasteiger partial charge in [0.05, 0.1) is 5.60 Å². The molecule has 4 nitrogen and oxygen atoms in total. The number of hydrogen-bond donors (Lipinski definition) is 0. The van der Waals surface area contributed by atoms with E-state index < -0.39 is 30.1 Å². The quantitative estimate of drug-likeness (QED) is 0.513. The van der Waals surface area contributed by atoms with Crippen molar-refractivity contribution in [1.29, 1.82) is 0 Å². The molecule has 0 unspecified atom stereocenters. The average molecular weight is 423 g/mol. The highest BCUT2D eigenvalue weighted by atomic mass is 127. The maximum absolute atomic E-state index is 12.3. The number of amides is 1. The average Bonchev–Trinajstić information content (AvgIpc) is 2.34. The number of alkyl halides is 4. The molecule has 1 aliphatic heterocycles. The van der Waals surface area contributed by atoms with E-state index in [1.54, 1.807) is 20.8 Å². The summed E-state index contributed by atoms with van der Waals surface area (Å²) in [6.45, 7) is 4.76. The van der Waals surface area contributed by atoms with Crippen molar-refractivity contribution >= 4 is 28.7 Å². The van der Waals surface area contributed by atoms with Gasteiger partial charge in [-0.2, -0.15) is 13.2 Å². The molecule has 1 heterocycles. The van der Waals surface area contributed by atoms with Crippen LogP contribution in [0.1, 0.15) is 33.6 Å². The minimum Gasteiger partial charge on any atom is -0.444 e. The molecule has 1 aliphatic rings. The van der Waals surface area contributed by atoms with E-state index in [1.807, 2.05) is 22.6 Å². The predicted molar refractivity (Wildman–Crippen MR) is 80.7 cm³/mol. The lowest BCUT2D eigenvalue weighted by Gasteiger charge is -2.41. The van der Waals surface area contributed by atoms with Crippen molar-refractivity contribution in [2.75, 3.05) is 24.1 Å². The summed E-state index contributed by atoms with van der Waals surface area (Å²) in [5.41, 5.74) is -1.39. The molecule has 0 aromatic rings. The molecule has 1 amide bonds. The van der Waals surface area contributed by atoms with Crippen LogP contribution in [0, 0.1) is 0 Å². The zero-order valence-corrected chi connectivity index (χ0v) is 14.6. The van der Waals surface area contributed by atoms with Crippen molar-refractivity contribution in [2.45, 2.75) is 51.0 Å². The molecule has 124 valence electrons. The van der Waals surface area contributed by atoms with Gasteiger partial charge in [-0.1, -0.05) is 22.6 Å². The molecule has 0 saturated carbocycles. The van der Waals surface area contributed by atoms with Crippen molar-refractivity contribution in [1.82, 2.24) is 4.90 Å². The van der Waals surface area contributed by atoms with E-state index in [4.69, 9.17) is 9.47 Å². The van der Waals surface area contributed by atoms with Crippen LogP contribution in [0.4, 0.5) is 18.0 Å². The lowest BCUT2D eigenvalue weighted by Crippen LogP contribution is -2.51. The van der Waals surface area contributed by atoms with Gasteiger partial charge in [-0.15, -0.1) is 0 Å². The summed E-state index contributed by atoms with van der Waals surface area (Å²) < 4.78 is 47.7. The highest BCUT2D eigenvalue weighted by Crippen LogP contribution is 2.31. The van der Waals surface area contributed by atoms with E-state index in [1.165, 1.54) is 4.90 Å². The first-order chi connectivity index (χ1) is 9.46. The fourth-order valence-corrected chi connectivity index (χ4v) is 2.96. The third-order valence-corrected chi connectivity index (χ3v) is 4.50. The summed E-state index contributed by atoms with van der Waals surface area (Å²) in [6.07, 6.45) is -4.00. The fraction of sp³-hybridized carbons (Fsp3) is 0.923. The standard InChI is InChI=1S/C13H21F3INO3/c1-11(2,3)21-10(19)18-6-4-12(8-17,5-7-18)20-9-13(14,15)16/h4-9H2,1-3H3. The summed E-state index contributed by atoms with van der Waals surface area (Å²) >= 11 is 2.03. The Bertz CT molecular complexity index is 361. The molecule has 0 radical (unpaired) electrons. The van der Waals surface area contributed by atoms with E-state index in [0.717, 1.165) is 0 Å². The highest BCUT2D eigenvalue weighted by Gasteiger charge is 2.40. The van der Waals surface area contributed by atoms with Crippen LogP contribution < -0.4 is 0 Å². The summed E-state index contributed by atoms with van der Waals surface area (Å²) in [7, 11) is 0. The highest BCUT2D eigenvalue weighted by molar-refractivity contribution is 14.1. The molecule has 0 N–H and O–H groups in total. The molecule has 0 aromatic heterocycles. The maximum Gasteiger partial charge on any atom is 0.411 e. The van der Waals surface area contributed by atoms with E-state index in [-0.39, 0.29) is 0 Å². The lowest BCUT2D eigenvalue weighted by atomic mass is 9.93. The van der Waals surface area contributed by atoms with Crippen molar-refractivity contribution in [3.05, 3.63) is 0 Å². The van der Waals surface area contributed by atoms with Gasteiger partial charge >= 0.3 is 12.3 Å². The number of hydrogen-bond acceptors (Lipinski definition) is 3. The first-order valence-electron chi connectivity index (χ1n) is 6.71. The van der Waals surface area contributed by atoms with Crippen LogP contribution in [-0.4, -0.2) is 52.5 Å². The zero-order chi connectivity index (χ0) is 16.3. The van der Waals surface area contributed by atoms with Gasteiger partial charge in [0.2, 0.25) is 0 Å². The Kier molecular flexibility index (Phi) is 6.17. The number of halogens is 4. The molecule has 1 saturated heterocycles. The molecule has 0 aromatic carbocycles. The third kappa shape index (κ3) is 6.58. The van der Waals surface area contributed by atoms with Gasteiger partial charge in [0.25, 0.3) is 0 Å². The lowest BCUT2D eigenvalue weighted by molar-refractivity contribution is -0.207. The third-order valence-electron chi connectivity index (χ3n) is 3.11. The normalized spacial score (nSPS) is 19.5. The summed E-state index contributed by atoms with van der Waals surface area (Å²) in [6, 6.07) is 0. The topological polar surface area (TPSA) is 38.8 Å². The number of ether oxygens (including phenoxy) is 2. The number of rotatable bonds is 3. The number of likely N-dealkylation sites (tertiary alicyclic amines) is 1. The largest absolute Gasteiger partial charge is 0.444 e. The predicted octanol–water partition coefficient (Wildman–Crippen LogP) is 3.77. The van der Waals surface area contributed by atoms with Crippen LogP contribution in [0.5, 0.6) is 0 Å². The zero-order valence-electron chi connectivity index (χ0n) is 12.4. The van der Waals surface area contributed by atoms with Crippen molar-refractivity contribution in [3.8, 4) is 0 Å². The van der Waals surface area contributed by atoms with Gasteiger partial charge in [-0.3, -0.25) is 0 Å². The SMILES string of the molecule is CC(C)(C)OC(=O)N1CCC(CI)(OCC(F)(F)F)CC1.